The summed E-state index contributed by atoms with van der Waals surface area (Å²) >= 11 is 6.01. The summed E-state index contributed by atoms with van der Waals surface area (Å²) in [7, 11) is 0. The molecule has 0 saturated carbocycles. The van der Waals surface area contributed by atoms with Gasteiger partial charge in [-0.1, -0.05) is 48.5 Å². The Morgan fingerprint density at radius 3 is 2.71 bits per heavy atom. The molecule has 0 aromatic heterocycles. The predicted molar refractivity (Wildman–Crippen MR) is 75.3 cm³/mol. The van der Waals surface area contributed by atoms with Crippen molar-refractivity contribution in [3.8, 4) is 0 Å². The van der Waals surface area contributed by atoms with Gasteiger partial charge in [-0.05, 0) is 25.1 Å². The highest BCUT2D eigenvalue weighted by Crippen LogP contribution is 2.15. The SMILES string of the molecule is C=C(/C=C\C=C/C)N=C(N)c1ccccc1Cl. The molecule has 2 N–H and O–H groups in total. The number of allylic oxidation sites excluding steroid dienone is 4. The Morgan fingerprint density at radius 2 is 2.06 bits per heavy atom. The Balaban J connectivity index is 2.86. The third kappa shape index (κ3) is 4.29. The second-order valence-electron chi connectivity index (χ2n) is 3.35. The molecule has 0 aliphatic rings. The molecule has 3 heteroatoms. The summed E-state index contributed by atoms with van der Waals surface area (Å²) in [6.07, 6.45) is 7.45. The van der Waals surface area contributed by atoms with Gasteiger partial charge in [0, 0.05) is 5.56 Å². The second-order valence-corrected chi connectivity index (χ2v) is 3.76. The largest absolute Gasteiger partial charge is 0.383 e. The lowest BCUT2D eigenvalue weighted by Gasteiger charge is -2.02. The molecule has 1 rings (SSSR count). The Labute approximate surface area is 107 Å². The molecule has 0 aliphatic heterocycles. The molecule has 2 nitrogen and oxygen atoms in total. The third-order valence-electron chi connectivity index (χ3n) is 2.01. The molecule has 0 saturated heterocycles. The molecule has 0 atom stereocenters. The molecule has 0 amide bonds. The van der Waals surface area contributed by atoms with Crippen LogP contribution >= 0.6 is 11.6 Å². The maximum absolute atomic E-state index is 6.01. The molecule has 0 heterocycles. The number of aliphatic imine (C=N–C) groups is 1. The molecule has 88 valence electrons. The van der Waals surface area contributed by atoms with Crippen molar-refractivity contribution in [3.63, 3.8) is 0 Å². The maximum atomic E-state index is 6.01. The summed E-state index contributed by atoms with van der Waals surface area (Å²) in [4.78, 5) is 4.17. The quantitative estimate of drug-likeness (QED) is 0.491. The van der Waals surface area contributed by atoms with Crippen molar-refractivity contribution in [2.75, 3.05) is 0 Å². The lowest BCUT2D eigenvalue weighted by molar-refractivity contribution is 1.38. The zero-order valence-electron chi connectivity index (χ0n) is 9.73. The van der Waals surface area contributed by atoms with Gasteiger partial charge in [-0.3, -0.25) is 0 Å². The van der Waals surface area contributed by atoms with Crippen LogP contribution in [-0.2, 0) is 0 Å². The zero-order chi connectivity index (χ0) is 12.7. The van der Waals surface area contributed by atoms with Crippen LogP contribution in [0.2, 0.25) is 5.02 Å². The molecular weight excluding hydrogens is 232 g/mol. The summed E-state index contributed by atoms with van der Waals surface area (Å²) in [5, 5.41) is 0.582. The molecule has 0 spiro atoms. The van der Waals surface area contributed by atoms with Gasteiger partial charge in [0.1, 0.15) is 5.84 Å². The molecule has 0 bridgehead atoms. The summed E-state index contributed by atoms with van der Waals surface area (Å²) < 4.78 is 0. The Morgan fingerprint density at radius 1 is 1.35 bits per heavy atom. The van der Waals surface area contributed by atoms with Crippen LogP contribution in [0.3, 0.4) is 0 Å². The number of rotatable bonds is 4. The van der Waals surface area contributed by atoms with Gasteiger partial charge >= 0.3 is 0 Å². The number of amidine groups is 1. The summed E-state index contributed by atoms with van der Waals surface area (Å²) in [6, 6.07) is 7.31. The average Bonchev–Trinajstić information content (AvgIpc) is 2.29. The van der Waals surface area contributed by atoms with Crippen LogP contribution in [0.4, 0.5) is 0 Å². The van der Waals surface area contributed by atoms with Gasteiger partial charge in [0.25, 0.3) is 0 Å². The summed E-state index contributed by atoms with van der Waals surface area (Å²) in [6.45, 7) is 5.73. The molecule has 0 radical (unpaired) electrons. The van der Waals surface area contributed by atoms with Crippen LogP contribution in [0.25, 0.3) is 0 Å². The Bertz CT molecular complexity index is 485. The average molecular weight is 247 g/mol. The molecule has 0 unspecified atom stereocenters. The number of hydrogen-bond acceptors (Lipinski definition) is 1. The van der Waals surface area contributed by atoms with E-state index in [1.807, 2.05) is 43.4 Å². The van der Waals surface area contributed by atoms with Crippen LogP contribution in [0.5, 0.6) is 0 Å². The lowest BCUT2D eigenvalue weighted by atomic mass is 10.2. The predicted octanol–water partition coefficient (Wildman–Crippen LogP) is 3.69. The van der Waals surface area contributed by atoms with Crippen molar-refractivity contribution in [2.24, 2.45) is 10.7 Å². The van der Waals surface area contributed by atoms with Crippen molar-refractivity contribution in [2.45, 2.75) is 6.92 Å². The smallest absolute Gasteiger partial charge is 0.132 e. The molecule has 0 aliphatic carbocycles. The van der Waals surface area contributed by atoms with E-state index in [9.17, 15) is 0 Å². The highest BCUT2D eigenvalue weighted by atomic mass is 35.5. The minimum Gasteiger partial charge on any atom is -0.383 e. The first kappa shape index (κ1) is 13.3. The van der Waals surface area contributed by atoms with Gasteiger partial charge < -0.3 is 5.73 Å². The molecule has 1 aromatic rings. The van der Waals surface area contributed by atoms with E-state index in [1.165, 1.54) is 0 Å². The fraction of sp³-hybridized carbons (Fsp3) is 0.0714. The van der Waals surface area contributed by atoms with E-state index in [1.54, 1.807) is 12.1 Å². The highest BCUT2D eigenvalue weighted by Gasteiger charge is 2.02. The van der Waals surface area contributed by atoms with Gasteiger partial charge in [0.2, 0.25) is 0 Å². The topological polar surface area (TPSA) is 38.4 Å². The van der Waals surface area contributed by atoms with E-state index in [0.29, 0.717) is 16.6 Å². The van der Waals surface area contributed by atoms with Crippen LogP contribution < -0.4 is 5.73 Å². The molecule has 17 heavy (non-hydrogen) atoms. The standard InChI is InChI=1S/C14H15ClN2/c1-3-4-5-8-11(2)17-14(16)12-9-6-7-10-13(12)15/h3-10H,2H2,1H3,(H2,16,17)/b4-3-,8-5-. The lowest BCUT2D eigenvalue weighted by Crippen LogP contribution is -2.13. The normalized spacial score (nSPS) is 12.5. The first-order chi connectivity index (χ1) is 8.15. The van der Waals surface area contributed by atoms with E-state index in [2.05, 4.69) is 11.6 Å². The first-order valence-electron chi connectivity index (χ1n) is 5.22. The van der Waals surface area contributed by atoms with Crippen molar-refractivity contribution >= 4 is 17.4 Å². The highest BCUT2D eigenvalue weighted by molar-refractivity contribution is 6.34. The van der Waals surface area contributed by atoms with Crippen LogP contribution in [0, 0.1) is 0 Å². The molecule has 0 fully saturated rings. The van der Waals surface area contributed by atoms with Gasteiger partial charge in [0.15, 0.2) is 0 Å². The first-order valence-corrected chi connectivity index (χ1v) is 5.60. The fourth-order valence-electron chi connectivity index (χ4n) is 1.20. The third-order valence-corrected chi connectivity index (χ3v) is 2.34. The Hall–Kier alpha value is -1.80. The van der Waals surface area contributed by atoms with Crippen molar-refractivity contribution in [3.05, 3.63) is 71.4 Å². The van der Waals surface area contributed by atoms with Crippen molar-refractivity contribution < 1.29 is 0 Å². The van der Waals surface area contributed by atoms with E-state index in [0.717, 1.165) is 5.56 Å². The summed E-state index contributed by atoms with van der Waals surface area (Å²) in [5.74, 6) is 0.366. The van der Waals surface area contributed by atoms with Gasteiger partial charge in [0.05, 0.1) is 10.7 Å². The van der Waals surface area contributed by atoms with Crippen molar-refractivity contribution in [1.29, 1.82) is 0 Å². The van der Waals surface area contributed by atoms with Gasteiger partial charge in [-0.2, -0.15) is 0 Å². The van der Waals surface area contributed by atoms with E-state index >= 15 is 0 Å². The fourth-order valence-corrected chi connectivity index (χ4v) is 1.43. The zero-order valence-corrected chi connectivity index (χ0v) is 10.5. The number of benzene rings is 1. The Kier molecular flexibility index (Phi) is 5.24. The van der Waals surface area contributed by atoms with Gasteiger partial charge in [-0.25, -0.2) is 4.99 Å². The van der Waals surface area contributed by atoms with Crippen molar-refractivity contribution in [1.82, 2.24) is 0 Å². The van der Waals surface area contributed by atoms with E-state index in [4.69, 9.17) is 17.3 Å². The van der Waals surface area contributed by atoms with Crippen LogP contribution in [0.1, 0.15) is 12.5 Å². The second kappa shape index (κ2) is 6.71. The monoisotopic (exact) mass is 246 g/mol. The number of nitrogens with zero attached hydrogens (tertiary/aromatic N) is 1. The molecule has 1 aromatic carbocycles. The minimum atomic E-state index is 0.366. The van der Waals surface area contributed by atoms with Crippen LogP contribution in [-0.4, -0.2) is 5.84 Å². The van der Waals surface area contributed by atoms with Gasteiger partial charge in [-0.15, -0.1) is 0 Å². The number of hydrogen-bond donors (Lipinski definition) is 1. The van der Waals surface area contributed by atoms with Crippen LogP contribution in [0.15, 0.2) is 65.8 Å². The minimum absolute atomic E-state index is 0.366. The number of nitrogens with two attached hydrogens (primary N) is 1. The summed E-state index contributed by atoms with van der Waals surface area (Å²) in [5.41, 5.74) is 7.15. The maximum Gasteiger partial charge on any atom is 0.132 e. The van der Waals surface area contributed by atoms with E-state index in [-0.39, 0.29) is 0 Å². The van der Waals surface area contributed by atoms with E-state index < -0.39 is 0 Å². The molecular formula is C14H15ClN2. The number of halogens is 1.